The molecular formula is C12H9F2N3O2. The van der Waals surface area contributed by atoms with Crippen LogP contribution in [0.15, 0.2) is 41.9 Å². The van der Waals surface area contributed by atoms with Gasteiger partial charge in [-0.25, -0.2) is 9.18 Å². The highest BCUT2D eigenvalue weighted by Gasteiger charge is 2.13. The Balaban J connectivity index is 2.67. The van der Waals surface area contributed by atoms with Crippen LogP contribution in [0.3, 0.4) is 0 Å². The molecule has 0 radical (unpaired) electrons. The lowest BCUT2D eigenvalue weighted by molar-refractivity contribution is 0.0964. The van der Waals surface area contributed by atoms with Crippen LogP contribution in [-0.2, 0) is 0 Å². The SMILES string of the molecule is N#C/C(F)=C(\CF)NC(=O)NC(=O)c1ccccc1. The van der Waals surface area contributed by atoms with Crippen molar-refractivity contribution >= 4 is 11.9 Å². The standard InChI is InChI=1S/C12H9F2N3O2/c13-6-10(9(14)7-15)16-12(19)17-11(18)8-4-2-1-3-5-8/h1-5H,6H2,(H2,16,17,18,19)/b10-9-. The first kappa shape index (κ1) is 14.3. The van der Waals surface area contributed by atoms with Crippen LogP contribution in [0.4, 0.5) is 13.6 Å². The normalized spacial score (nSPS) is 11.0. The molecule has 3 amide bonds. The summed E-state index contributed by atoms with van der Waals surface area (Å²) in [4.78, 5) is 22.8. The fraction of sp³-hybridized carbons (Fsp3) is 0.0833. The second-order valence-corrected chi connectivity index (χ2v) is 3.31. The minimum Gasteiger partial charge on any atom is -0.305 e. The number of nitrogens with one attached hydrogen (secondary N) is 2. The number of rotatable bonds is 3. The van der Waals surface area contributed by atoms with Crippen molar-refractivity contribution in [3.05, 3.63) is 47.4 Å². The number of hydrogen-bond donors (Lipinski definition) is 2. The van der Waals surface area contributed by atoms with E-state index < -0.39 is 30.1 Å². The van der Waals surface area contributed by atoms with Crippen LogP contribution in [0.25, 0.3) is 0 Å². The van der Waals surface area contributed by atoms with Crippen LogP contribution in [0.2, 0.25) is 0 Å². The molecule has 0 saturated heterocycles. The summed E-state index contributed by atoms with van der Waals surface area (Å²) in [5.41, 5.74) is -0.620. The molecule has 19 heavy (non-hydrogen) atoms. The van der Waals surface area contributed by atoms with Gasteiger partial charge in [0.1, 0.15) is 12.7 Å². The van der Waals surface area contributed by atoms with Crippen molar-refractivity contribution in [1.82, 2.24) is 10.6 Å². The van der Waals surface area contributed by atoms with E-state index in [0.717, 1.165) is 6.07 Å². The second kappa shape index (κ2) is 6.86. The predicted molar refractivity (Wildman–Crippen MR) is 62.2 cm³/mol. The summed E-state index contributed by atoms with van der Waals surface area (Å²) < 4.78 is 25.1. The van der Waals surface area contributed by atoms with Crippen molar-refractivity contribution in [2.24, 2.45) is 0 Å². The van der Waals surface area contributed by atoms with Gasteiger partial charge in [-0.1, -0.05) is 18.2 Å². The zero-order valence-electron chi connectivity index (χ0n) is 9.61. The van der Waals surface area contributed by atoms with Crippen LogP contribution >= 0.6 is 0 Å². The number of carbonyl (C=O) groups excluding carboxylic acids is 2. The van der Waals surface area contributed by atoms with Gasteiger partial charge in [0, 0.05) is 5.56 Å². The highest BCUT2D eigenvalue weighted by molar-refractivity contribution is 6.04. The van der Waals surface area contributed by atoms with Gasteiger partial charge in [0.15, 0.2) is 0 Å². The van der Waals surface area contributed by atoms with Gasteiger partial charge < -0.3 is 5.32 Å². The third-order valence-corrected chi connectivity index (χ3v) is 2.02. The number of carbonyl (C=O) groups is 2. The van der Waals surface area contributed by atoms with Crippen molar-refractivity contribution in [2.45, 2.75) is 0 Å². The largest absolute Gasteiger partial charge is 0.326 e. The Labute approximate surface area is 107 Å². The first-order chi connectivity index (χ1) is 9.08. The quantitative estimate of drug-likeness (QED) is 0.817. The maximum atomic E-state index is 12.8. The van der Waals surface area contributed by atoms with Gasteiger partial charge in [-0.3, -0.25) is 10.1 Å². The fourth-order valence-electron chi connectivity index (χ4n) is 1.15. The van der Waals surface area contributed by atoms with Crippen molar-refractivity contribution in [3.8, 4) is 6.07 Å². The zero-order chi connectivity index (χ0) is 14.3. The fourth-order valence-corrected chi connectivity index (χ4v) is 1.15. The molecular weight excluding hydrogens is 256 g/mol. The Morgan fingerprint density at radius 3 is 2.37 bits per heavy atom. The van der Waals surface area contributed by atoms with Gasteiger partial charge >= 0.3 is 6.03 Å². The summed E-state index contributed by atoms with van der Waals surface area (Å²) in [6, 6.07) is 7.73. The first-order valence-corrected chi connectivity index (χ1v) is 5.10. The molecule has 7 heteroatoms. The van der Waals surface area contributed by atoms with Crippen molar-refractivity contribution in [1.29, 1.82) is 5.26 Å². The highest BCUT2D eigenvalue weighted by Crippen LogP contribution is 2.03. The molecule has 0 heterocycles. The van der Waals surface area contributed by atoms with E-state index in [0.29, 0.717) is 0 Å². The van der Waals surface area contributed by atoms with Crippen molar-refractivity contribution in [2.75, 3.05) is 6.67 Å². The van der Waals surface area contributed by atoms with E-state index in [9.17, 15) is 18.4 Å². The third-order valence-electron chi connectivity index (χ3n) is 2.02. The maximum absolute atomic E-state index is 12.8. The van der Waals surface area contributed by atoms with E-state index >= 15 is 0 Å². The Kier molecular flexibility index (Phi) is 5.17. The van der Waals surface area contributed by atoms with Gasteiger partial charge in [-0.05, 0) is 12.1 Å². The molecule has 0 aromatic heterocycles. The van der Waals surface area contributed by atoms with E-state index in [2.05, 4.69) is 0 Å². The molecule has 0 saturated carbocycles. The van der Waals surface area contributed by atoms with Crippen molar-refractivity contribution in [3.63, 3.8) is 0 Å². The summed E-state index contributed by atoms with van der Waals surface area (Å²) in [5.74, 6) is -2.18. The van der Waals surface area contributed by atoms with E-state index in [4.69, 9.17) is 5.26 Å². The second-order valence-electron chi connectivity index (χ2n) is 3.31. The maximum Gasteiger partial charge on any atom is 0.326 e. The summed E-state index contributed by atoms with van der Waals surface area (Å²) in [7, 11) is 0. The molecule has 2 N–H and O–H groups in total. The van der Waals surface area contributed by atoms with E-state index in [-0.39, 0.29) is 5.56 Å². The Hall–Kier alpha value is -2.75. The van der Waals surface area contributed by atoms with Crippen molar-refractivity contribution < 1.29 is 18.4 Å². The molecule has 5 nitrogen and oxygen atoms in total. The minimum absolute atomic E-state index is 0.212. The minimum atomic E-state index is -1.45. The average Bonchev–Trinajstić information content (AvgIpc) is 2.44. The Morgan fingerprint density at radius 2 is 1.84 bits per heavy atom. The number of imide groups is 1. The van der Waals surface area contributed by atoms with Gasteiger partial charge in [0.05, 0.1) is 5.70 Å². The molecule has 1 rings (SSSR count). The van der Waals surface area contributed by atoms with Gasteiger partial charge in [-0.15, -0.1) is 0 Å². The molecule has 98 valence electrons. The number of halogens is 2. The van der Waals surface area contributed by atoms with E-state index in [1.165, 1.54) is 12.1 Å². The van der Waals surface area contributed by atoms with Crippen LogP contribution in [0, 0.1) is 11.3 Å². The number of benzene rings is 1. The summed E-state index contributed by atoms with van der Waals surface area (Å²) in [6.45, 7) is -1.37. The summed E-state index contributed by atoms with van der Waals surface area (Å²) >= 11 is 0. The number of nitrogens with zero attached hydrogens (tertiary/aromatic N) is 1. The van der Waals surface area contributed by atoms with Gasteiger partial charge in [-0.2, -0.15) is 9.65 Å². The van der Waals surface area contributed by atoms with Gasteiger partial charge in [0.2, 0.25) is 5.83 Å². The van der Waals surface area contributed by atoms with Crippen LogP contribution < -0.4 is 10.6 Å². The molecule has 0 spiro atoms. The molecule has 0 aliphatic rings. The topological polar surface area (TPSA) is 82.0 Å². The number of allylic oxidation sites excluding steroid dienone is 2. The molecule has 0 unspecified atom stereocenters. The molecule has 1 aromatic rings. The molecule has 0 bridgehead atoms. The number of amides is 3. The molecule has 0 aliphatic heterocycles. The van der Waals surface area contributed by atoms with Crippen LogP contribution in [0.1, 0.15) is 10.4 Å². The van der Waals surface area contributed by atoms with E-state index in [1.54, 1.807) is 23.5 Å². The lowest BCUT2D eigenvalue weighted by atomic mass is 10.2. The van der Waals surface area contributed by atoms with Crippen LogP contribution in [0.5, 0.6) is 0 Å². The van der Waals surface area contributed by atoms with Gasteiger partial charge in [0.25, 0.3) is 5.91 Å². The predicted octanol–water partition coefficient (Wildman–Crippen LogP) is 1.80. The van der Waals surface area contributed by atoms with Crippen LogP contribution in [-0.4, -0.2) is 18.6 Å². The Morgan fingerprint density at radius 1 is 1.21 bits per heavy atom. The smallest absolute Gasteiger partial charge is 0.305 e. The summed E-state index contributed by atoms with van der Waals surface area (Å²) in [5, 5.41) is 11.8. The number of hydrogen-bond acceptors (Lipinski definition) is 3. The number of nitriles is 1. The molecule has 0 atom stereocenters. The zero-order valence-corrected chi connectivity index (χ0v) is 9.61. The average molecular weight is 265 g/mol. The molecule has 0 fully saturated rings. The lowest BCUT2D eigenvalue weighted by Crippen LogP contribution is -2.39. The monoisotopic (exact) mass is 265 g/mol. The summed E-state index contributed by atoms with van der Waals surface area (Å²) in [6.07, 6.45) is 0. The lowest BCUT2D eigenvalue weighted by Gasteiger charge is -2.07. The van der Waals surface area contributed by atoms with E-state index in [1.807, 2.05) is 5.32 Å². The number of alkyl halides is 1. The third kappa shape index (κ3) is 4.20. The molecule has 1 aromatic carbocycles. The number of urea groups is 1. The highest BCUT2D eigenvalue weighted by atomic mass is 19.1. The Bertz CT molecular complexity index is 550. The first-order valence-electron chi connectivity index (χ1n) is 5.10. The molecule has 0 aliphatic carbocycles.